The summed E-state index contributed by atoms with van der Waals surface area (Å²) < 4.78 is 0. The lowest BCUT2D eigenvalue weighted by Crippen LogP contribution is -2.09. The van der Waals surface area contributed by atoms with Crippen molar-refractivity contribution in [3.05, 3.63) is 42.1 Å². The maximum Gasteiger partial charge on any atom is 0.162 e. The first-order valence-electron chi connectivity index (χ1n) is 7.71. The molecule has 1 saturated carbocycles. The van der Waals surface area contributed by atoms with Gasteiger partial charge in [-0.25, -0.2) is 0 Å². The average molecular weight is 267 g/mol. The van der Waals surface area contributed by atoms with Crippen molar-refractivity contribution < 1.29 is 4.79 Å². The van der Waals surface area contributed by atoms with Crippen molar-refractivity contribution in [1.82, 2.24) is 4.98 Å². The minimum atomic E-state index is 0.279. The van der Waals surface area contributed by atoms with E-state index in [-0.39, 0.29) is 5.78 Å². The van der Waals surface area contributed by atoms with Crippen LogP contribution >= 0.6 is 0 Å². The molecule has 1 aliphatic rings. The molecule has 104 valence electrons. The predicted octanol–water partition coefficient (Wildman–Crippen LogP) is 4.78. The van der Waals surface area contributed by atoms with Crippen molar-refractivity contribution in [2.75, 3.05) is 0 Å². The van der Waals surface area contributed by atoms with Crippen LogP contribution in [0.1, 0.15) is 55.3 Å². The lowest BCUT2D eigenvalue weighted by atomic mass is 9.85. The van der Waals surface area contributed by atoms with Gasteiger partial charge in [-0.1, -0.05) is 38.2 Å². The molecule has 0 atom stereocenters. The van der Waals surface area contributed by atoms with Gasteiger partial charge in [0.15, 0.2) is 5.78 Å². The highest BCUT2D eigenvalue weighted by atomic mass is 16.1. The van der Waals surface area contributed by atoms with Crippen LogP contribution in [0.15, 0.2) is 36.5 Å². The van der Waals surface area contributed by atoms with Gasteiger partial charge >= 0.3 is 0 Å². The van der Waals surface area contributed by atoms with E-state index in [1.54, 1.807) is 6.20 Å². The van der Waals surface area contributed by atoms with Crippen molar-refractivity contribution in [3.8, 4) is 0 Å². The third-order valence-corrected chi connectivity index (χ3v) is 4.43. The van der Waals surface area contributed by atoms with Crippen LogP contribution < -0.4 is 0 Å². The quantitative estimate of drug-likeness (QED) is 0.746. The van der Waals surface area contributed by atoms with E-state index in [0.717, 1.165) is 28.8 Å². The highest BCUT2D eigenvalue weighted by molar-refractivity contribution is 5.99. The van der Waals surface area contributed by atoms with E-state index in [1.807, 2.05) is 30.3 Å². The molecule has 2 aromatic rings. The first kappa shape index (κ1) is 13.3. The SMILES string of the molecule is O=C(CCC1CCCCC1)c1ccc2ncccc2c1. The van der Waals surface area contributed by atoms with Gasteiger partial charge in [0.1, 0.15) is 0 Å². The monoisotopic (exact) mass is 267 g/mol. The summed E-state index contributed by atoms with van der Waals surface area (Å²) in [5.74, 6) is 1.05. The highest BCUT2D eigenvalue weighted by Gasteiger charge is 2.15. The van der Waals surface area contributed by atoms with Gasteiger partial charge in [0.2, 0.25) is 0 Å². The van der Waals surface area contributed by atoms with Gasteiger partial charge in [-0.15, -0.1) is 0 Å². The molecule has 2 nitrogen and oxygen atoms in total. The number of fused-ring (bicyclic) bond motifs is 1. The Morgan fingerprint density at radius 1 is 1.15 bits per heavy atom. The van der Waals surface area contributed by atoms with E-state index in [9.17, 15) is 4.79 Å². The molecule has 1 aromatic carbocycles. The van der Waals surface area contributed by atoms with Crippen LogP contribution in [0.25, 0.3) is 10.9 Å². The van der Waals surface area contributed by atoms with Crippen molar-refractivity contribution in [2.24, 2.45) is 5.92 Å². The molecule has 1 aliphatic carbocycles. The number of ketones is 1. The molecule has 0 N–H and O–H groups in total. The average Bonchev–Trinajstić information content (AvgIpc) is 2.53. The van der Waals surface area contributed by atoms with Crippen molar-refractivity contribution in [2.45, 2.75) is 44.9 Å². The number of nitrogens with zero attached hydrogens (tertiary/aromatic N) is 1. The molecule has 1 fully saturated rings. The summed E-state index contributed by atoms with van der Waals surface area (Å²) in [7, 11) is 0. The van der Waals surface area contributed by atoms with E-state index in [0.29, 0.717) is 6.42 Å². The van der Waals surface area contributed by atoms with Crippen LogP contribution in [-0.2, 0) is 0 Å². The lowest BCUT2D eigenvalue weighted by molar-refractivity contribution is 0.0970. The molecule has 0 spiro atoms. The third kappa shape index (κ3) is 3.06. The number of carbonyl (C=O) groups excluding carboxylic acids is 1. The van der Waals surface area contributed by atoms with E-state index < -0.39 is 0 Å². The number of hydrogen-bond donors (Lipinski definition) is 0. The number of pyridine rings is 1. The Morgan fingerprint density at radius 3 is 2.85 bits per heavy atom. The molecule has 2 heteroatoms. The zero-order valence-electron chi connectivity index (χ0n) is 11.8. The molecule has 0 unspecified atom stereocenters. The van der Waals surface area contributed by atoms with Crippen molar-refractivity contribution in [3.63, 3.8) is 0 Å². The lowest BCUT2D eigenvalue weighted by Gasteiger charge is -2.20. The number of Topliss-reactive ketones (excluding diaryl/α,β-unsaturated/α-hetero) is 1. The van der Waals surface area contributed by atoms with Gasteiger partial charge in [0.25, 0.3) is 0 Å². The van der Waals surface area contributed by atoms with E-state index >= 15 is 0 Å². The Labute approximate surface area is 120 Å². The minimum absolute atomic E-state index is 0.279. The van der Waals surface area contributed by atoms with Crippen LogP contribution in [0.4, 0.5) is 0 Å². The highest BCUT2D eigenvalue weighted by Crippen LogP contribution is 2.28. The van der Waals surface area contributed by atoms with E-state index in [1.165, 1.54) is 32.1 Å². The number of carbonyl (C=O) groups is 1. The predicted molar refractivity (Wildman–Crippen MR) is 81.9 cm³/mol. The van der Waals surface area contributed by atoms with E-state index in [2.05, 4.69) is 4.98 Å². The van der Waals surface area contributed by atoms with Crippen LogP contribution in [-0.4, -0.2) is 10.8 Å². The summed E-state index contributed by atoms with van der Waals surface area (Å²) in [6.07, 6.45) is 10.2. The van der Waals surface area contributed by atoms with Crippen LogP contribution in [0.5, 0.6) is 0 Å². The zero-order valence-corrected chi connectivity index (χ0v) is 11.8. The first-order chi connectivity index (χ1) is 9.83. The molecule has 20 heavy (non-hydrogen) atoms. The van der Waals surface area contributed by atoms with Crippen molar-refractivity contribution in [1.29, 1.82) is 0 Å². The van der Waals surface area contributed by atoms with E-state index in [4.69, 9.17) is 0 Å². The zero-order chi connectivity index (χ0) is 13.8. The Morgan fingerprint density at radius 2 is 2.00 bits per heavy atom. The number of rotatable bonds is 4. The fraction of sp³-hybridized carbons (Fsp3) is 0.444. The molecule has 1 aromatic heterocycles. The summed E-state index contributed by atoms with van der Waals surface area (Å²) in [4.78, 5) is 16.6. The fourth-order valence-electron chi connectivity index (χ4n) is 3.20. The molecule has 0 bridgehead atoms. The van der Waals surface area contributed by atoms with Gasteiger partial charge in [0, 0.05) is 23.6 Å². The maximum atomic E-state index is 12.3. The van der Waals surface area contributed by atoms with Crippen molar-refractivity contribution >= 4 is 16.7 Å². The summed E-state index contributed by atoms with van der Waals surface area (Å²) in [5, 5.41) is 1.05. The van der Waals surface area contributed by atoms with Gasteiger partial charge in [-0.05, 0) is 36.6 Å². The summed E-state index contributed by atoms with van der Waals surface area (Å²) in [6, 6.07) is 9.77. The number of benzene rings is 1. The number of hydrogen-bond acceptors (Lipinski definition) is 2. The smallest absolute Gasteiger partial charge is 0.162 e. The second-order valence-corrected chi connectivity index (χ2v) is 5.88. The molecule has 0 saturated heterocycles. The van der Waals surface area contributed by atoms with Gasteiger partial charge in [-0.2, -0.15) is 0 Å². The summed E-state index contributed by atoms with van der Waals surface area (Å²) in [5.41, 5.74) is 1.79. The Balaban J connectivity index is 1.65. The topological polar surface area (TPSA) is 30.0 Å². The number of aromatic nitrogens is 1. The van der Waals surface area contributed by atoms with Gasteiger partial charge in [-0.3, -0.25) is 9.78 Å². The molecule has 0 amide bonds. The standard InChI is InChI=1S/C18H21NO/c20-18(11-8-14-5-2-1-3-6-14)16-9-10-17-15(13-16)7-4-12-19-17/h4,7,9-10,12-14H,1-3,5-6,8,11H2. The molecule has 0 aliphatic heterocycles. The largest absolute Gasteiger partial charge is 0.294 e. The third-order valence-electron chi connectivity index (χ3n) is 4.43. The summed E-state index contributed by atoms with van der Waals surface area (Å²) in [6.45, 7) is 0. The fourth-order valence-corrected chi connectivity index (χ4v) is 3.20. The Kier molecular flexibility index (Phi) is 4.10. The second kappa shape index (κ2) is 6.17. The second-order valence-electron chi connectivity index (χ2n) is 5.88. The molecule has 1 heterocycles. The van der Waals surface area contributed by atoms with Crippen LogP contribution in [0, 0.1) is 5.92 Å². The minimum Gasteiger partial charge on any atom is -0.294 e. The summed E-state index contributed by atoms with van der Waals surface area (Å²) >= 11 is 0. The van der Waals surface area contributed by atoms with Gasteiger partial charge in [0.05, 0.1) is 5.52 Å². The van der Waals surface area contributed by atoms with Crippen LogP contribution in [0.2, 0.25) is 0 Å². The maximum absolute atomic E-state index is 12.3. The first-order valence-corrected chi connectivity index (χ1v) is 7.71. The Hall–Kier alpha value is -1.70. The van der Waals surface area contributed by atoms with Gasteiger partial charge < -0.3 is 0 Å². The normalized spacial score (nSPS) is 16.4. The molecule has 3 rings (SSSR count). The molecule has 0 radical (unpaired) electrons. The van der Waals surface area contributed by atoms with Crippen LogP contribution in [0.3, 0.4) is 0 Å². The molecular weight excluding hydrogens is 246 g/mol. The Bertz CT molecular complexity index is 599. The molecular formula is C18H21NO.